The van der Waals surface area contributed by atoms with Gasteiger partial charge in [-0.1, -0.05) is 169 Å². The first-order valence-corrected chi connectivity index (χ1v) is 39.9. The normalized spacial score (nSPS) is 11.0. The van der Waals surface area contributed by atoms with Crippen LogP contribution < -0.4 is 9.80 Å². The number of aryl methyl sites for hydroxylation is 2. The number of para-hydroxylation sites is 2. The predicted octanol–water partition coefficient (Wildman–Crippen LogP) is 26.9. The molecule has 0 spiro atoms. The van der Waals surface area contributed by atoms with Crippen molar-refractivity contribution in [2.75, 3.05) is 9.80 Å². The van der Waals surface area contributed by atoms with Crippen molar-refractivity contribution in [2.24, 2.45) is 0 Å². The van der Waals surface area contributed by atoms with E-state index in [1.165, 1.54) is 48.0 Å². The molecule has 128 heavy (non-hydrogen) atoms. The van der Waals surface area contributed by atoms with Crippen molar-refractivity contribution < 1.29 is 130 Å². The van der Waals surface area contributed by atoms with Gasteiger partial charge in [-0.15, -0.1) is 251 Å². The van der Waals surface area contributed by atoms with Gasteiger partial charge in [0.1, 0.15) is 0 Å². The molecule has 12 aromatic carbocycles. The van der Waals surface area contributed by atoms with Crippen LogP contribution >= 0.6 is 11.3 Å². The smallest absolute Gasteiger partial charge is 0.500 e. The van der Waals surface area contributed by atoms with E-state index in [9.17, 15) is 0 Å². The number of anilines is 2. The van der Waals surface area contributed by atoms with Crippen LogP contribution in [0.15, 0.2) is 450 Å². The van der Waals surface area contributed by atoms with Crippen LogP contribution in [0.1, 0.15) is 20.9 Å². The summed E-state index contributed by atoms with van der Waals surface area (Å²) in [6, 6.07) is 139. The average molecular weight is 2750 g/mol. The van der Waals surface area contributed by atoms with Crippen LogP contribution in [0.2, 0.25) is 0 Å². The van der Waals surface area contributed by atoms with Crippen molar-refractivity contribution in [3.63, 3.8) is 0 Å². The van der Waals surface area contributed by atoms with Gasteiger partial charge in [0.25, 0.3) is 0 Å². The molecule has 0 aliphatic carbocycles. The van der Waals surface area contributed by atoms with Gasteiger partial charge in [0.05, 0.1) is 9.94 Å². The molecule has 1 aliphatic rings. The summed E-state index contributed by atoms with van der Waals surface area (Å²) in [5.74, 6) is 0.737. The van der Waals surface area contributed by atoms with Crippen LogP contribution in [0.4, 0.5) is 11.4 Å². The minimum absolute atomic E-state index is 0. The Kier molecular flexibility index (Phi) is 39.5. The Hall–Kier alpha value is -11.9. The summed E-state index contributed by atoms with van der Waals surface area (Å²) in [4.78, 5) is 38.2. The molecule has 641 valence electrons. The fourth-order valence-electron chi connectivity index (χ4n) is 12.3. The summed E-state index contributed by atoms with van der Waals surface area (Å²) in [6.07, 6.45) is 16.1. The molecule has 0 saturated carbocycles. The van der Waals surface area contributed by atoms with Gasteiger partial charge in [-0.3, -0.25) is 9.97 Å². The maximum absolute atomic E-state index is 7.74. The van der Waals surface area contributed by atoms with Crippen LogP contribution in [0.5, 0.6) is 0 Å². The molecule has 10 nitrogen and oxygen atoms in total. The minimum atomic E-state index is -0.443. The second-order valence-corrected chi connectivity index (χ2v) is 27.7. The molecule has 17 heteroatoms. The topological polar surface area (TPSA) is 110 Å². The van der Waals surface area contributed by atoms with Gasteiger partial charge < -0.3 is 39.7 Å². The first-order valence-electron chi connectivity index (χ1n) is 42.6. The van der Waals surface area contributed by atoms with Crippen molar-refractivity contribution in [3.8, 4) is 101 Å². The number of thiophene rings is 1. The molecule has 0 atom stereocenters. The summed E-state index contributed by atoms with van der Waals surface area (Å²) in [5.41, 5.74) is 20.1. The van der Waals surface area contributed by atoms with E-state index in [0.29, 0.717) is 0 Å². The van der Waals surface area contributed by atoms with E-state index in [1.54, 1.807) is 24.8 Å². The fourth-order valence-corrected chi connectivity index (χ4v) is 13.5. The summed E-state index contributed by atoms with van der Waals surface area (Å²) in [7, 11) is 0. The van der Waals surface area contributed by atoms with Crippen molar-refractivity contribution in [3.05, 3.63) is 516 Å². The van der Waals surface area contributed by atoms with Crippen molar-refractivity contribution in [1.82, 2.24) is 39.9 Å². The monoisotopic (exact) mass is 2750 g/mol. The molecule has 0 bridgehead atoms. The second kappa shape index (κ2) is 55.6. The number of aromatic nitrogens is 8. The quantitative estimate of drug-likeness (QED) is 0.116. The van der Waals surface area contributed by atoms with Gasteiger partial charge in [-0.2, -0.15) is 41.7 Å². The van der Waals surface area contributed by atoms with E-state index in [1.807, 2.05) is 322 Å². The van der Waals surface area contributed by atoms with Crippen molar-refractivity contribution >= 4 is 42.9 Å². The maximum atomic E-state index is 7.74. The van der Waals surface area contributed by atoms with Gasteiger partial charge in [-0.05, 0) is 145 Å². The van der Waals surface area contributed by atoms with Crippen LogP contribution in [-0.2, 0) is 121 Å². The number of pyridine rings is 6. The molecule has 21 rings (SSSR count). The fraction of sp³-hybridized carbons (Fsp3) is 0.0180. The van der Waals surface area contributed by atoms with Gasteiger partial charge in [0.2, 0.25) is 0 Å². The zero-order chi connectivity index (χ0) is 89.3. The molecular formula is C111H81Ir6N10S-6. The third-order valence-electron chi connectivity index (χ3n) is 18.2. The zero-order valence-electron chi connectivity index (χ0n) is 75.6. The van der Waals surface area contributed by atoms with Crippen molar-refractivity contribution in [2.45, 2.75) is 13.8 Å². The number of benzene rings is 12. The predicted molar refractivity (Wildman–Crippen MR) is 501 cm³/mol. The Balaban J connectivity index is 0.000000190. The molecule has 1 aliphatic heterocycles. The van der Waals surface area contributed by atoms with Crippen LogP contribution in [0.3, 0.4) is 0 Å². The Bertz CT molecular complexity index is 6710. The molecule has 8 aromatic heterocycles. The SMILES string of the molecule is Cc1cc(-c2[c-]cccc2)ncc1-c1ccccc1.Cc1ccnc(-c2[c-]cccc2)n1.[2H]c1[c-]c(-c2ncc([2H])c([2H])c2[2H])c([2H])c([2H])c1[2H].[Ir+3].[Ir].[Ir].[Ir].[Ir].[Ir].[c-]1ccc(-c2ccccc2)cc1-c1ccccn1.[c-]1ccc2c(sc3ccccc32)c1-c1ccccn1.[c-]1ccccc1-c1ccccn1.[c-]1ccccc1-c1ccccn1.[c-]1ccccc1N1C=CN(c2ccccc2)[CH-]1. The standard InChI is InChI=1S/C18H14N.C17H10NS.C17H12N.C15H12N2.C11H9N2.3C11H8N.6Ir/c1-14-12-18(16-10-6-3-7-11-16)19-13-17(14)15-8-4-2-5-9-15;1-2-10-16-12(6-1)13-7-5-8-14(17(13)19-16)15-9-3-4-11-18-15;1-2-7-14(8-3-1)15-9-6-10-16(13-15)17-11-4-5-12-18-17;1-3-7-14(8-4-1)16-11-12-17(13-16)15-9-5-2-6-10-15;1-9-7-8-12-11(13-9)10-5-3-2-4-6-10;3*1-2-6-10(7-3-1)11-8-4-5-9-12-11;;;;;;/h2-10,12-13H,1H3;1-7,9-11H;1-9,11-13H;1-9,11-13H;2-5,7-8H,1H3;3*1-6,8-9H;;;;;;/q3*-1;-2;4*-1;;;;;;+3/i;;;;;1D,2D,3D,4D,5D,6D,8D;;;;;;;;. The molecule has 0 unspecified atom stereocenters. The molecule has 0 fully saturated rings. The second-order valence-electron chi connectivity index (χ2n) is 26.6. The van der Waals surface area contributed by atoms with E-state index in [0.717, 1.165) is 90.9 Å². The number of rotatable bonds is 11. The van der Waals surface area contributed by atoms with Gasteiger partial charge in [0, 0.05) is 168 Å². The number of nitrogens with zero attached hydrogens (tertiary/aromatic N) is 10. The summed E-state index contributed by atoms with van der Waals surface area (Å²) < 4.78 is 55.4. The maximum Gasteiger partial charge on any atom is 3.00 e. The Labute approximate surface area is 846 Å². The Morgan fingerprint density at radius 1 is 0.328 bits per heavy atom. The molecule has 20 aromatic rings. The van der Waals surface area contributed by atoms with Crippen molar-refractivity contribution in [1.29, 1.82) is 0 Å². The molecule has 5 radical (unpaired) electrons. The van der Waals surface area contributed by atoms with E-state index < -0.39 is 12.1 Å². The van der Waals surface area contributed by atoms with Gasteiger partial charge in [-0.25, -0.2) is 0 Å². The van der Waals surface area contributed by atoms with Crippen LogP contribution in [0.25, 0.3) is 121 Å². The van der Waals surface area contributed by atoms with Crippen LogP contribution in [-0.4, -0.2) is 39.9 Å². The molecule has 0 N–H and O–H groups in total. The molecule has 0 amide bonds. The third kappa shape index (κ3) is 30.4. The summed E-state index contributed by atoms with van der Waals surface area (Å²) >= 11 is 1.81. The zero-order valence-corrected chi connectivity index (χ0v) is 83.8. The Morgan fingerprint density at radius 3 is 1.38 bits per heavy atom. The third-order valence-corrected chi connectivity index (χ3v) is 19.4. The minimum Gasteiger partial charge on any atom is -0.500 e. The first-order chi connectivity index (χ1) is 63.3. The van der Waals surface area contributed by atoms with E-state index in [-0.39, 0.29) is 162 Å². The first kappa shape index (κ1) is 90.8. The molecule has 0 saturated heterocycles. The summed E-state index contributed by atoms with van der Waals surface area (Å²) in [5, 5.41) is 2.61. The van der Waals surface area contributed by atoms with Crippen LogP contribution in [0, 0.1) is 69.0 Å². The molecular weight excluding hydrogens is 2660 g/mol. The molecule has 9 heterocycles. The largest absolute Gasteiger partial charge is 3.00 e. The van der Waals surface area contributed by atoms with E-state index in [4.69, 9.17) is 9.60 Å². The van der Waals surface area contributed by atoms with Gasteiger partial charge in [0.15, 0.2) is 0 Å². The number of hydrogen-bond donors (Lipinski definition) is 0. The summed E-state index contributed by atoms with van der Waals surface area (Å²) in [6.45, 7) is 6.12. The van der Waals surface area contributed by atoms with E-state index >= 15 is 0 Å². The number of hydrogen-bond acceptors (Lipinski definition) is 11. The van der Waals surface area contributed by atoms with E-state index in [2.05, 4.69) is 185 Å². The van der Waals surface area contributed by atoms with Gasteiger partial charge >= 0.3 is 20.1 Å². The number of fused-ring (bicyclic) bond motifs is 3. The average Bonchev–Trinajstić information content (AvgIpc) is 1.61. The Morgan fingerprint density at radius 2 is 0.820 bits per heavy atom.